The molecular formula is C22H18BrFN2O3S. The number of amides is 1. The first-order chi connectivity index (χ1) is 14.5. The van der Waals surface area contributed by atoms with Gasteiger partial charge in [0.25, 0.3) is 5.91 Å². The highest BCUT2D eigenvalue weighted by molar-refractivity contribution is 9.10. The Balaban J connectivity index is 1.93. The first-order valence-electron chi connectivity index (χ1n) is 8.96. The third kappa shape index (κ3) is 4.86. The van der Waals surface area contributed by atoms with E-state index >= 15 is 0 Å². The van der Waals surface area contributed by atoms with Crippen LogP contribution < -0.4 is 9.47 Å². The first kappa shape index (κ1) is 21.9. The van der Waals surface area contributed by atoms with Crippen molar-refractivity contribution < 1.29 is 18.7 Å². The minimum absolute atomic E-state index is 0.110. The number of likely N-dealkylation sites (N-methyl/N-ethyl adjacent to an activating group) is 1. The summed E-state index contributed by atoms with van der Waals surface area (Å²) in [5.74, 6) is 2.92. The number of methoxy groups -OCH3 is 1. The number of nitrogens with zero attached hydrogens (tertiary/aromatic N) is 2. The molecule has 0 saturated carbocycles. The van der Waals surface area contributed by atoms with Gasteiger partial charge in [-0.3, -0.25) is 9.69 Å². The van der Waals surface area contributed by atoms with Crippen LogP contribution in [0.1, 0.15) is 12.5 Å². The van der Waals surface area contributed by atoms with Crippen molar-refractivity contribution in [3.63, 3.8) is 0 Å². The quantitative estimate of drug-likeness (QED) is 0.412. The van der Waals surface area contributed by atoms with Crippen molar-refractivity contribution in [2.45, 2.75) is 6.92 Å². The number of thioether (sulfide) groups is 1. The minimum atomic E-state index is -0.337. The van der Waals surface area contributed by atoms with Crippen molar-refractivity contribution in [2.24, 2.45) is 4.99 Å². The molecule has 5 nitrogen and oxygen atoms in total. The molecule has 0 radical (unpaired) electrons. The second-order valence-electron chi connectivity index (χ2n) is 6.06. The molecule has 0 bridgehead atoms. The summed E-state index contributed by atoms with van der Waals surface area (Å²) < 4.78 is 24.7. The lowest BCUT2D eigenvalue weighted by atomic mass is 10.2. The summed E-state index contributed by atoms with van der Waals surface area (Å²) in [6.07, 6.45) is 7.02. The summed E-state index contributed by atoms with van der Waals surface area (Å²) in [6.45, 7) is 2.45. The minimum Gasteiger partial charge on any atom is -0.493 e. The molecule has 30 heavy (non-hydrogen) atoms. The van der Waals surface area contributed by atoms with Gasteiger partial charge in [0.15, 0.2) is 16.7 Å². The Labute approximate surface area is 187 Å². The van der Waals surface area contributed by atoms with Crippen LogP contribution in [0.4, 0.5) is 10.1 Å². The van der Waals surface area contributed by atoms with Crippen LogP contribution in [0, 0.1) is 18.2 Å². The fraction of sp³-hybridized carbons (Fsp3) is 0.182. The largest absolute Gasteiger partial charge is 0.493 e. The fourth-order valence-corrected chi connectivity index (χ4v) is 4.36. The highest BCUT2D eigenvalue weighted by Gasteiger charge is 2.32. The number of aliphatic imine (C=N–C) groups is 1. The van der Waals surface area contributed by atoms with Crippen LogP contribution in [0.3, 0.4) is 0 Å². The molecule has 1 saturated heterocycles. The molecule has 154 valence electrons. The number of hydrogen-bond donors (Lipinski definition) is 0. The molecule has 1 fully saturated rings. The molecule has 0 atom stereocenters. The van der Waals surface area contributed by atoms with Crippen molar-refractivity contribution in [2.75, 3.05) is 20.3 Å². The van der Waals surface area contributed by atoms with E-state index in [2.05, 4.69) is 26.8 Å². The average Bonchev–Trinajstić information content (AvgIpc) is 3.02. The van der Waals surface area contributed by atoms with Gasteiger partial charge in [-0.2, -0.15) is 0 Å². The van der Waals surface area contributed by atoms with Crippen LogP contribution in [0.5, 0.6) is 11.5 Å². The van der Waals surface area contributed by atoms with Crippen molar-refractivity contribution >= 4 is 50.5 Å². The monoisotopic (exact) mass is 488 g/mol. The highest BCUT2D eigenvalue weighted by atomic mass is 79.9. The van der Waals surface area contributed by atoms with E-state index in [1.165, 1.54) is 31.0 Å². The van der Waals surface area contributed by atoms with Gasteiger partial charge in [-0.05, 0) is 82.7 Å². The van der Waals surface area contributed by atoms with E-state index in [1.807, 2.05) is 13.0 Å². The molecule has 1 amide bonds. The van der Waals surface area contributed by atoms with Crippen LogP contribution >= 0.6 is 27.7 Å². The first-order valence-corrected chi connectivity index (χ1v) is 10.6. The van der Waals surface area contributed by atoms with E-state index in [0.717, 1.165) is 5.56 Å². The molecule has 1 aliphatic heterocycles. The van der Waals surface area contributed by atoms with Gasteiger partial charge in [0.2, 0.25) is 0 Å². The molecule has 0 spiro atoms. The van der Waals surface area contributed by atoms with Crippen molar-refractivity contribution in [3.05, 3.63) is 57.2 Å². The van der Waals surface area contributed by atoms with Crippen LogP contribution in [0.2, 0.25) is 0 Å². The molecule has 3 rings (SSSR count). The van der Waals surface area contributed by atoms with Gasteiger partial charge < -0.3 is 9.47 Å². The average molecular weight is 489 g/mol. The highest BCUT2D eigenvalue weighted by Crippen LogP contribution is 2.39. The van der Waals surface area contributed by atoms with E-state index < -0.39 is 0 Å². The summed E-state index contributed by atoms with van der Waals surface area (Å²) in [5.41, 5.74) is 1.33. The summed E-state index contributed by atoms with van der Waals surface area (Å²) in [4.78, 5) is 19.4. The Kier molecular flexibility index (Phi) is 7.19. The fourth-order valence-electron chi connectivity index (χ4n) is 2.72. The molecule has 0 aromatic heterocycles. The number of hydrogen-bond acceptors (Lipinski definition) is 5. The summed E-state index contributed by atoms with van der Waals surface area (Å²) in [5, 5.41) is 0.542. The molecule has 2 aromatic rings. The third-order valence-corrected chi connectivity index (χ3v) is 5.70. The van der Waals surface area contributed by atoms with Gasteiger partial charge in [-0.1, -0.05) is 5.92 Å². The predicted molar refractivity (Wildman–Crippen MR) is 121 cm³/mol. The number of benzene rings is 2. The maximum absolute atomic E-state index is 13.1. The standard InChI is InChI=1S/C22H18BrFN2O3S/c1-4-10-29-20-17(23)11-14(12-18(20)28-3)13-19-21(27)26(5-2)22(30-19)25-16-8-6-15(24)7-9-16/h1,6-9,11-13H,5,10H2,2-3H3/b19-13+,25-22?. The van der Waals surface area contributed by atoms with Crippen molar-refractivity contribution in [1.82, 2.24) is 4.90 Å². The smallest absolute Gasteiger partial charge is 0.266 e. The van der Waals surface area contributed by atoms with Gasteiger partial charge in [0, 0.05) is 6.54 Å². The normalized spacial score (nSPS) is 16.2. The van der Waals surface area contributed by atoms with Crippen LogP contribution in [0.15, 0.2) is 50.8 Å². The zero-order valence-corrected chi connectivity index (χ0v) is 18.7. The SMILES string of the molecule is C#CCOc1c(Br)cc(/C=C2/SC(=Nc3ccc(F)cc3)N(CC)C2=O)cc1OC. The lowest BCUT2D eigenvalue weighted by Gasteiger charge is -2.12. The Morgan fingerprint density at radius 3 is 2.70 bits per heavy atom. The Hall–Kier alpha value is -2.76. The Morgan fingerprint density at radius 2 is 2.07 bits per heavy atom. The lowest BCUT2D eigenvalue weighted by Crippen LogP contribution is -2.28. The van der Waals surface area contributed by atoms with E-state index in [-0.39, 0.29) is 18.3 Å². The number of halogens is 2. The van der Waals surface area contributed by atoms with E-state index in [9.17, 15) is 9.18 Å². The molecule has 1 aliphatic rings. The molecule has 1 heterocycles. The Morgan fingerprint density at radius 1 is 1.33 bits per heavy atom. The maximum atomic E-state index is 13.1. The molecular weight excluding hydrogens is 471 g/mol. The molecule has 0 N–H and O–H groups in total. The number of ether oxygens (including phenoxy) is 2. The zero-order chi connectivity index (χ0) is 21.7. The second kappa shape index (κ2) is 9.83. The van der Waals surface area contributed by atoms with Gasteiger partial charge in [0.1, 0.15) is 12.4 Å². The number of amidine groups is 1. The maximum Gasteiger partial charge on any atom is 0.266 e. The van der Waals surface area contributed by atoms with Gasteiger partial charge in [0.05, 0.1) is 22.2 Å². The molecule has 8 heteroatoms. The van der Waals surface area contributed by atoms with Crippen LogP contribution in [0.25, 0.3) is 6.08 Å². The van der Waals surface area contributed by atoms with E-state index in [1.54, 1.807) is 29.2 Å². The van der Waals surface area contributed by atoms with E-state index in [4.69, 9.17) is 15.9 Å². The molecule has 0 unspecified atom stereocenters. The number of carbonyl (C=O) groups is 1. The summed E-state index contributed by atoms with van der Waals surface area (Å²) in [6, 6.07) is 9.39. The van der Waals surface area contributed by atoms with Crippen LogP contribution in [-0.4, -0.2) is 36.2 Å². The van der Waals surface area contributed by atoms with Gasteiger partial charge >= 0.3 is 0 Å². The predicted octanol–water partition coefficient (Wildman–Crippen LogP) is 5.23. The molecule has 0 aliphatic carbocycles. The van der Waals surface area contributed by atoms with Crippen molar-refractivity contribution in [3.8, 4) is 23.8 Å². The number of rotatable bonds is 6. The third-order valence-electron chi connectivity index (χ3n) is 4.11. The summed E-state index contributed by atoms with van der Waals surface area (Å²) in [7, 11) is 1.53. The lowest BCUT2D eigenvalue weighted by molar-refractivity contribution is -0.122. The van der Waals surface area contributed by atoms with Gasteiger partial charge in [-0.25, -0.2) is 9.38 Å². The van der Waals surface area contributed by atoms with Gasteiger partial charge in [-0.15, -0.1) is 6.42 Å². The van der Waals surface area contributed by atoms with Crippen LogP contribution in [-0.2, 0) is 4.79 Å². The topological polar surface area (TPSA) is 51.1 Å². The molecule has 2 aromatic carbocycles. The Bertz CT molecular complexity index is 1060. The summed E-state index contributed by atoms with van der Waals surface area (Å²) >= 11 is 4.72. The second-order valence-corrected chi connectivity index (χ2v) is 7.92. The zero-order valence-electron chi connectivity index (χ0n) is 16.3. The van der Waals surface area contributed by atoms with E-state index in [0.29, 0.717) is 38.3 Å². The van der Waals surface area contributed by atoms with Crippen molar-refractivity contribution in [1.29, 1.82) is 0 Å². The number of terminal acetylenes is 1. The number of carbonyl (C=O) groups excluding carboxylic acids is 1.